The van der Waals surface area contributed by atoms with Gasteiger partial charge in [-0.1, -0.05) is 6.92 Å². The highest BCUT2D eigenvalue weighted by Gasteiger charge is 2.31. The van der Waals surface area contributed by atoms with Crippen molar-refractivity contribution in [3.05, 3.63) is 35.4 Å². The smallest absolute Gasteiger partial charge is 0.126 e. The highest BCUT2D eigenvalue weighted by atomic mass is 19.1. The molecule has 1 nitrogen and oxygen atoms in total. The molecule has 0 amide bonds. The zero-order chi connectivity index (χ0) is 10.2. The van der Waals surface area contributed by atoms with E-state index >= 15 is 0 Å². The van der Waals surface area contributed by atoms with E-state index in [9.17, 15) is 8.78 Å². The van der Waals surface area contributed by atoms with Gasteiger partial charge in [-0.15, -0.1) is 0 Å². The van der Waals surface area contributed by atoms with Crippen LogP contribution in [0, 0.1) is 17.0 Å². The number of hydrogen-bond donors (Lipinski definition) is 1. The van der Waals surface area contributed by atoms with Crippen LogP contribution in [0.5, 0.6) is 0 Å². The Labute approximate surface area is 82.1 Å². The van der Waals surface area contributed by atoms with Gasteiger partial charge in [0.05, 0.1) is 0 Å². The van der Waals surface area contributed by atoms with Crippen molar-refractivity contribution < 1.29 is 8.78 Å². The van der Waals surface area contributed by atoms with E-state index in [-0.39, 0.29) is 5.41 Å². The lowest BCUT2D eigenvalue weighted by molar-refractivity contribution is 0.195. The second-order valence-electron chi connectivity index (χ2n) is 4.37. The molecule has 1 N–H and O–H groups in total. The minimum absolute atomic E-state index is 0.167. The highest BCUT2D eigenvalue weighted by Crippen LogP contribution is 2.27. The van der Waals surface area contributed by atoms with Crippen LogP contribution in [0.2, 0.25) is 0 Å². The number of rotatable bonds is 2. The highest BCUT2D eigenvalue weighted by molar-refractivity contribution is 5.20. The van der Waals surface area contributed by atoms with Gasteiger partial charge < -0.3 is 5.32 Å². The Balaban J connectivity index is 2.16. The molecule has 0 aliphatic carbocycles. The maximum absolute atomic E-state index is 12.9. The molecule has 3 heteroatoms. The van der Waals surface area contributed by atoms with Crippen LogP contribution in [0.15, 0.2) is 18.2 Å². The summed E-state index contributed by atoms with van der Waals surface area (Å²) in [6.07, 6.45) is 0.731. The van der Waals surface area contributed by atoms with E-state index in [1.54, 1.807) is 0 Å². The predicted molar refractivity (Wildman–Crippen MR) is 51.0 cm³/mol. The number of nitrogens with one attached hydrogen (secondary N) is 1. The van der Waals surface area contributed by atoms with Gasteiger partial charge in [-0.2, -0.15) is 0 Å². The van der Waals surface area contributed by atoms with E-state index in [1.165, 1.54) is 12.1 Å². The molecule has 1 aliphatic heterocycles. The van der Waals surface area contributed by atoms with Crippen molar-refractivity contribution in [3.63, 3.8) is 0 Å². The van der Waals surface area contributed by atoms with Crippen molar-refractivity contribution >= 4 is 0 Å². The van der Waals surface area contributed by atoms with Crippen molar-refractivity contribution in [2.75, 3.05) is 13.1 Å². The molecule has 0 unspecified atom stereocenters. The summed E-state index contributed by atoms with van der Waals surface area (Å²) in [5.74, 6) is -0.980. The van der Waals surface area contributed by atoms with E-state index in [0.29, 0.717) is 0 Å². The fourth-order valence-corrected chi connectivity index (χ4v) is 1.88. The summed E-state index contributed by atoms with van der Waals surface area (Å²) in [7, 11) is 0. The Kier molecular flexibility index (Phi) is 2.27. The van der Waals surface area contributed by atoms with Crippen LogP contribution in [-0.4, -0.2) is 13.1 Å². The molecule has 0 saturated carbocycles. The largest absolute Gasteiger partial charge is 0.316 e. The lowest BCUT2D eigenvalue weighted by Gasteiger charge is -2.39. The normalized spacial score (nSPS) is 19.1. The Morgan fingerprint density at radius 2 is 1.79 bits per heavy atom. The molecule has 0 spiro atoms. The molecular weight excluding hydrogens is 184 g/mol. The van der Waals surface area contributed by atoms with Gasteiger partial charge in [0.1, 0.15) is 11.6 Å². The third-order valence-corrected chi connectivity index (χ3v) is 2.66. The molecule has 0 bridgehead atoms. The third kappa shape index (κ3) is 1.93. The minimum Gasteiger partial charge on any atom is -0.316 e. The van der Waals surface area contributed by atoms with Crippen molar-refractivity contribution in [3.8, 4) is 0 Å². The lowest BCUT2D eigenvalue weighted by Crippen LogP contribution is -2.52. The minimum atomic E-state index is -0.490. The first-order valence-electron chi connectivity index (χ1n) is 4.73. The quantitative estimate of drug-likeness (QED) is 0.765. The summed E-state index contributed by atoms with van der Waals surface area (Å²) in [5, 5.41) is 3.16. The van der Waals surface area contributed by atoms with Gasteiger partial charge >= 0.3 is 0 Å². The van der Waals surface area contributed by atoms with Crippen molar-refractivity contribution in [1.29, 1.82) is 0 Å². The average molecular weight is 197 g/mol. The summed E-state index contributed by atoms with van der Waals surface area (Å²) in [5.41, 5.74) is 0.909. The maximum atomic E-state index is 12.9. The molecule has 1 saturated heterocycles. The second kappa shape index (κ2) is 3.31. The third-order valence-electron chi connectivity index (χ3n) is 2.66. The molecule has 1 aliphatic rings. The molecule has 0 aromatic heterocycles. The Morgan fingerprint density at radius 3 is 2.21 bits per heavy atom. The molecule has 1 aromatic carbocycles. The van der Waals surface area contributed by atoms with Gasteiger partial charge in [0.25, 0.3) is 0 Å². The van der Waals surface area contributed by atoms with E-state index < -0.39 is 11.6 Å². The Hall–Kier alpha value is -0.960. The number of halogens is 2. The summed E-state index contributed by atoms with van der Waals surface area (Å²) >= 11 is 0. The fraction of sp³-hybridized carbons (Fsp3) is 0.455. The molecular formula is C11H13F2N. The molecule has 1 aromatic rings. The first kappa shape index (κ1) is 9.59. The summed E-state index contributed by atoms with van der Waals surface area (Å²) in [4.78, 5) is 0. The van der Waals surface area contributed by atoms with Crippen LogP contribution >= 0.6 is 0 Å². The zero-order valence-electron chi connectivity index (χ0n) is 8.11. The molecule has 2 rings (SSSR count). The molecule has 1 heterocycles. The second-order valence-corrected chi connectivity index (χ2v) is 4.37. The van der Waals surface area contributed by atoms with Crippen molar-refractivity contribution in [2.45, 2.75) is 13.3 Å². The van der Waals surface area contributed by atoms with Crippen LogP contribution < -0.4 is 5.32 Å². The summed E-state index contributed by atoms with van der Waals surface area (Å²) < 4.78 is 25.7. The van der Waals surface area contributed by atoms with E-state index in [4.69, 9.17) is 0 Å². The summed E-state index contributed by atoms with van der Waals surface area (Å²) in [6, 6.07) is 3.73. The van der Waals surface area contributed by atoms with E-state index in [2.05, 4.69) is 12.2 Å². The van der Waals surface area contributed by atoms with Gasteiger partial charge in [0.15, 0.2) is 0 Å². The molecule has 14 heavy (non-hydrogen) atoms. The van der Waals surface area contributed by atoms with E-state index in [0.717, 1.165) is 31.1 Å². The molecule has 1 fully saturated rings. The maximum Gasteiger partial charge on any atom is 0.126 e. The van der Waals surface area contributed by atoms with Gasteiger partial charge in [0.2, 0.25) is 0 Å². The summed E-state index contributed by atoms with van der Waals surface area (Å²) in [6.45, 7) is 3.96. The lowest BCUT2D eigenvalue weighted by atomic mass is 9.78. The Bertz CT molecular complexity index is 325. The van der Waals surface area contributed by atoms with Crippen LogP contribution in [0.1, 0.15) is 12.5 Å². The first-order chi connectivity index (χ1) is 6.57. The SMILES string of the molecule is CC1(Cc2cc(F)cc(F)c2)CNC1. The average Bonchev–Trinajstić information content (AvgIpc) is 1.99. The predicted octanol–water partition coefficient (Wildman–Crippen LogP) is 2.12. The first-order valence-corrected chi connectivity index (χ1v) is 4.73. The Morgan fingerprint density at radius 1 is 1.21 bits per heavy atom. The number of benzene rings is 1. The van der Waals surface area contributed by atoms with Gasteiger partial charge in [0, 0.05) is 19.2 Å². The molecule has 76 valence electrons. The van der Waals surface area contributed by atoms with E-state index in [1.807, 2.05) is 0 Å². The topological polar surface area (TPSA) is 12.0 Å². The van der Waals surface area contributed by atoms with Gasteiger partial charge in [-0.05, 0) is 29.5 Å². The van der Waals surface area contributed by atoms with Crippen LogP contribution in [-0.2, 0) is 6.42 Å². The monoisotopic (exact) mass is 197 g/mol. The van der Waals surface area contributed by atoms with Gasteiger partial charge in [-0.25, -0.2) is 8.78 Å². The standard InChI is InChI=1S/C11H13F2N/c1-11(6-14-7-11)5-8-2-9(12)4-10(13)3-8/h2-4,14H,5-7H2,1H3. The van der Waals surface area contributed by atoms with Crippen LogP contribution in [0.25, 0.3) is 0 Å². The van der Waals surface area contributed by atoms with Crippen molar-refractivity contribution in [2.24, 2.45) is 5.41 Å². The van der Waals surface area contributed by atoms with Crippen LogP contribution in [0.3, 0.4) is 0 Å². The molecule has 0 atom stereocenters. The zero-order valence-corrected chi connectivity index (χ0v) is 8.11. The fourth-order valence-electron chi connectivity index (χ4n) is 1.88. The molecule has 0 radical (unpaired) electrons. The van der Waals surface area contributed by atoms with Crippen LogP contribution in [0.4, 0.5) is 8.78 Å². The van der Waals surface area contributed by atoms with Gasteiger partial charge in [-0.3, -0.25) is 0 Å². The van der Waals surface area contributed by atoms with Crippen molar-refractivity contribution in [1.82, 2.24) is 5.32 Å². The number of hydrogen-bond acceptors (Lipinski definition) is 1.